The van der Waals surface area contributed by atoms with E-state index >= 15 is 0 Å². The molecule has 1 aliphatic carbocycles. The van der Waals surface area contributed by atoms with Crippen LogP contribution >= 0.6 is 12.4 Å². The zero-order valence-electron chi connectivity index (χ0n) is 14.9. The van der Waals surface area contributed by atoms with Crippen LogP contribution in [0.4, 0.5) is 5.69 Å². The first-order chi connectivity index (χ1) is 12.7. The highest BCUT2D eigenvalue weighted by atomic mass is 35.5. The Kier molecular flexibility index (Phi) is 7.38. The number of anilines is 1. The van der Waals surface area contributed by atoms with E-state index in [0.717, 1.165) is 29.4 Å². The van der Waals surface area contributed by atoms with Crippen LogP contribution in [-0.4, -0.2) is 34.9 Å². The topological polar surface area (TPSA) is 110 Å². The first-order valence-corrected chi connectivity index (χ1v) is 8.79. The average Bonchev–Trinajstić information content (AvgIpc) is 2.68. The number of rotatable bonds is 6. The minimum absolute atomic E-state index is 0. The largest absolute Gasteiger partial charge is 0.410 e. The molecule has 1 amide bonds. The van der Waals surface area contributed by atoms with Crippen molar-refractivity contribution in [1.29, 1.82) is 5.26 Å². The molecule has 0 saturated carbocycles. The molecule has 0 aliphatic heterocycles. The normalized spacial score (nSPS) is 13.2. The van der Waals surface area contributed by atoms with Crippen LogP contribution in [-0.2, 0) is 17.6 Å². The number of pyridine rings is 1. The van der Waals surface area contributed by atoms with Gasteiger partial charge in [0.15, 0.2) is 0 Å². The number of nitriles is 1. The van der Waals surface area contributed by atoms with Crippen molar-refractivity contribution in [3.63, 3.8) is 0 Å². The first-order valence-electron chi connectivity index (χ1n) is 8.79. The Morgan fingerprint density at radius 3 is 2.81 bits per heavy atom. The van der Waals surface area contributed by atoms with Gasteiger partial charge in [0.2, 0.25) is 5.71 Å². The number of carbonyl (C=O) groups excluding carboxylic acids is 1. The number of nitrogens with one attached hydrogen (secondary N) is 2. The minimum Gasteiger partial charge on any atom is -0.410 e. The molecule has 3 N–H and O–H groups in total. The summed E-state index contributed by atoms with van der Waals surface area (Å²) in [5.74, 6) is -0.665. The molecule has 7 nitrogen and oxygen atoms in total. The maximum absolute atomic E-state index is 11.6. The molecule has 3 rings (SSSR count). The third-order valence-corrected chi connectivity index (χ3v) is 4.53. The SMILES string of the molecule is Cl.N#C/C(=N\O)C(=O)NCCCNc1c2c(nc3ccccc13)CCCC2. The second kappa shape index (κ2) is 9.74. The maximum atomic E-state index is 11.6. The number of para-hydroxylation sites is 1. The van der Waals surface area contributed by atoms with Crippen LogP contribution in [0.25, 0.3) is 10.9 Å². The van der Waals surface area contributed by atoms with E-state index in [2.05, 4.69) is 21.9 Å². The van der Waals surface area contributed by atoms with Crippen LogP contribution in [0.15, 0.2) is 29.4 Å². The zero-order valence-corrected chi connectivity index (χ0v) is 15.7. The predicted molar refractivity (Wildman–Crippen MR) is 107 cm³/mol. The van der Waals surface area contributed by atoms with Crippen LogP contribution in [0.5, 0.6) is 0 Å². The van der Waals surface area contributed by atoms with Gasteiger partial charge >= 0.3 is 0 Å². The minimum atomic E-state index is -0.665. The summed E-state index contributed by atoms with van der Waals surface area (Å²) in [6, 6.07) is 9.67. The summed E-state index contributed by atoms with van der Waals surface area (Å²) in [5.41, 5.74) is 4.10. The van der Waals surface area contributed by atoms with Crippen LogP contribution in [0.2, 0.25) is 0 Å². The lowest BCUT2D eigenvalue weighted by molar-refractivity contribution is -0.114. The van der Waals surface area contributed by atoms with Crippen molar-refractivity contribution >= 4 is 40.6 Å². The van der Waals surface area contributed by atoms with Gasteiger partial charge in [0, 0.05) is 29.9 Å². The number of amides is 1. The van der Waals surface area contributed by atoms with E-state index in [9.17, 15) is 4.79 Å². The molecule has 2 aromatic rings. The smallest absolute Gasteiger partial charge is 0.284 e. The molecule has 27 heavy (non-hydrogen) atoms. The van der Waals surface area contributed by atoms with Gasteiger partial charge in [0.1, 0.15) is 6.07 Å². The highest BCUT2D eigenvalue weighted by Gasteiger charge is 2.17. The summed E-state index contributed by atoms with van der Waals surface area (Å²) >= 11 is 0. The van der Waals surface area contributed by atoms with Gasteiger partial charge in [0.05, 0.1) is 5.52 Å². The number of oxime groups is 1. The molecule has 0 bridgehead atoms. The number of carbonyl (C=O) groups is 1. The van der Waals surface area contributed by atoms with Crippen molar-refractivity contribution < 1.29 is 10.0 Å². The van der Waals surface area contributed by atoms with Crippen LogP contribution in [0, 0.1) is 11.3 Å². The van der Waals surface area contributed by atoms with Gasteiger partial charge in [-0.3, -0.25) is 9.78 Å². The summed E-state index contributed by atoms with van der Waals surface area (Å²) in [6.45, 7) is 1.07. The number of fused-ring (bicyclic) bond motifs is 2. The van der Waals surface area contributed by atoms with Crippen molar-refractivity contribution in [2.45, 2.75) is 32.1 Å². The molecule has 0 unspecified atom stereocenters. The van der Waals surface area contributed by atoms with Crippen LogP contribution < -0.4 is 10.6 Å². The highest BCUT2D eigenvalue weighted by Crippen LogP contribution is 2.33. The van der Waals surface area contributed by atoms with Crippen molar-refractivity contribution in [2.75, 3.05) is 18.4 Å². The number of aromatic nitrogens is 1. The predicted octanol–water partition coefficient (Wildman–Crippen LogP) is 2.81. The fourth-order valence-electron chi connectivity index (χ4n) is 3.28. The van der Waals surface area contributed by atoms with Crippen molar-refractivity contribution in [1.82, 2.24) is 10.3 Å². The van der Waals surface area contributed by atoms with Crippen molar-refractivity contribution in [3.05, 3.63) is 35.5 Å². The Labute approximate surface area is 163 Å². The molecule has 0 atom stereocenters. The van der Waals surface area contributed by atoms with E-state index < -0.39 is 11.6 Å². The number of nitrogens with zero attached hydrogens (tertiary/aromatic N) is 3. The van der Waals surface area contributed by atoms with Gasteiger partial charge in [-0.05, 0) is 43.7 Å². The monoisotopic (exact) mass is 387 g/mol. The van der Waals surface area contributed by atoms with Gasteiger partial charge in [-0.2, -0.15) is 5.26 Å². The molecular formula is C19H22ClN5O2. The van der Waals surface area contributed by atoms with Gasteiger partial charge in [0.25, 0.3) is 5.91 Å². The highest BCUT2D eigenvalue weighted by molar-refractivity contribution is 6.44. The molecular weight excluding hydrogens is 366 g/mol. The molecule has 1 heterocycles. The Balaban J connectivity index is 0.00000261. The number of benzene rings is 1. The standard InChI is InChI=1S/C19H21N5O2.ClH/c20-12-17(24-26)19(25)22-11-5-10-21-18-13-6-1-3-8-15(13)23-16-9-4-2-7-14(16)18;/h1,3,6,8,26H,2,4-5,7,9-11H2,(H,21,23)(H,22,25);1H/b24-17+;. The average molecular weight is 388 g/mol. The lowest BCUT2D eigenvalue weighted by Gasteiger charge is -2.21. The van der Waals surface area contributed by atoms with E-state index in [1.54, 1.807) is 0 Å². The Bertz CT molecular complexity index is 892. The zero-order chi connectivity index (χ0) is 18.4. The van der Waals surface area contributed by atoms with Gasteiger partial charge in [-0.25, -0.2) is 0 Å². The van der Waals surface area contributed by atoms with E-state index in [4.69, 9.17) is 15.5 Å². The second-order valence-corrected chi connectivity index (χ2v) is 6.23. The lowest BCUT2D eigenvalue weighted by atomic mass is 9.92. The van der Waals surface area contributed by atoms with E-state index in [-0.39, 0.29) is 12.4 Å². The molecule has 8 heteroatoms. The Morgan fingerprint density at radius 1 is 1.26 bits per heavy atom. The molecule has 0 fully saturated rings. The van der Waals surface area contributed by atoms with E-state index in [0.29, 0.717) is 19.5 Å². The molecule has 0 spiro atoms. The lowest BCUT2D eigenvalue weighted by Crippen LogP contribution is -2.31. The van der Waals surface area contributed by atoms with E-state index in [1.165, 1.54) is 30.2 Å². The summed E-state index contributed by atoms with van der Waals surface area (Å²) in [6.07, 6.45) is 5.08. The number of halogens is 1. The van der Waals surface area contributed by atoms with Crippen molar-refractivity contribution in [3.8, 4) is 6.07 Å². The van der Waals surface area contributed by atoms with Crippen LogP contribution in [0.1, 0.15) is 30.5 Å². The number of aryl methyl sites for hydroxylation is 1. The maximum Gasteiger partial charge on any atom is 0.284 e. The molecule has 0 saturated heterocycles. The molecule has 142 valence electrons. The van der Waals surface area contributed by atoms with Gasteiger partial charge < -0.3 is 15.8 Å². The number of hydrogen-bond acceptors (Lipinski definition) is 6. The van der Waals surface area contributed by atoms with Gasteiger partial charge in [-0.1, -0.05) is 23.4 Å². The fourth-order valence-corrected chi connectivity index (χ4v) is 3.28. The Morgan fingerprint density at radius 2 is 2.04 bits per heavy atom. The first kappa shape index (κ1) is 20.5. The quantitative estimate of drug-likeness (QED) is 0.305. The molecule has 0 radical (unpaired) electrons. The summed E-state index contributed by atoms with van der Waals surface area (Å²) in [4.78, 5) is 16.4. The number of hydrogen-bond donors (Lipinski definition) is 3. The molecule has 1 aromatic heterocycles. The summed E-state index contributed by atoms with van der Waals surface area (Å²) in [7, 11) is 0. The van der Waals surface area contributed by atoms with E-state index in [1.807, 2.05) is 18.2 Å². The fraction of sp³-hybridized carbons (Fsp3) is 0.368. The summed E-state index contributed by atoms with van der Waals surface area (Å²) in [5, 5.41) is 27.0. The molecule has 1 aliphatic rings. The third kappa shape index (κ3) is 4.66. The summed E-state index contributed by atoms with van der Waals surface area (Å²) < 4.78 is 0. The van der Waals surface area contributed by atoms with Crippen molar-refractivity contribution in [2.24, 2.45) is 5.16 Å². The Hall–Kier alpha value is -2.85. The second-order valence-electron chi connectivity index (χ2n) is 6.23. The van der Waals surface area contributed by atoms with Crippen LogP contribution in [0.3, 0.4) is 0 Å². The van der Waals surface area contributed by atoms with Gasteiger partial charge in [-0.15, -0.1) is 12.4 Å². The third-order valence-electron chi connectivity index (χ3n) is 4.53. The molecule has 1 aromatic carbocycles.